The number of para-hydroxylation sites is 1. The third-order valence-corrected chi connectivity index (χ3v) is 3.43. The van der Waals surface area contributed by atoms with Gasteiger partial charge in [0.05, 0.1) is 5.56 Å². The summed E-state index contributed by atoms with van der Waals surface area (Å²) in [5.74, 6) is 1.32. The lowest BCUT2D eigenvalue weighted by Crippen LogP contribution is -1.81. The van der Waals surface area contributed by atoms with E-state index in [4.69, 9.17) is 0 Å². The van der Waals surface area contributed by atoms with E-state index >= 15 is 0 Å². The lowest BCUT2D eigenvalue weighted by atomic mass is 10.2. The molecular formula is C14H11N3OS. The third kappa shape index (κ3) is 2.56. The van der Waals surface area contributed by atoms with Crippen LogP contribution >= 0.6 is 11.3 Å². The lowest BCUT2D eigenvalue weighted by Gasteiger charge is -1.97. The molecule has 0 amide bonds. The van der Waals surface area contributed by atoms with Crippen LogP contribution in [0.4, 0.5) is 0 Å². The van der Waals surface area contributed by atoms with Gasteiger partial charge in [-0.25, -0.2) is 4.98 Å². The number of hydrogen-bond donors (Lipinski definition) is 2. The molecule has 0 saturated carbocycles. The quantitative estimate of drug-likeness (QED) is 0.766. The van der Waals surface area contributed by atoms with Crippen molar-refractivity contribution in [1.82, 2.24) is 15.2 Å². The highest BCUT2D eigenvalue weighted by molar-refractivity contribution is 7.10. The van der Waals surface area contributed by atoms with Gasteiger partial charge in [-0.15, -0.1) is 11.3 Å². The van der Waals surface area contributed by atoms with Gasteiger partial charge in [0.25, 0.3) is 0 Å². The lowest BCUT2D eigenvalue weighted by molar-refractivity contribution is 0.477. The van der Waals surface area contributed by atoms with Crippen molar-refractivity contribution in [3.05, 3.63) is 52.5 Å². The van der Waals surface area contributed by atoms with Gasteiger partial charge in [-0.2, -0.15) is 5.10 Å². The smallest absolute Gasteiger partial charge is 0.185 e. The second-order valence-corrected chi connectivity index (χ2v) is 4.89. The summed E-state index contributed by atoms with van der Waals surface area (Å²) in [6.45, 7) is 0. The van der Waals surface area contributed by atoms with Crippen LogP contribution in [0.15, 0.2) is 41.8 Å². The molecule has 0 bridgehead atoms. The molecule has 1 aromatic carbocycles. The number of aromatic amines is 1. The minimum Gasteiger partial charge on any atom is -0.507 e. The molecule has 0 unspecified atom stereocenters. The van der Waals surface area contributed by atoms with Gasteiger partial charge in [0.2, 0.25) is 0 Å². The number of phenols is 1. The molecule has 19 heavy (non-hydrogen) atoms. The molecule has 94 valence electrons. The van der Waals surface area contributed by atoms with E-state index in [1.165, 1.54) is 0 Å². The molecule has 4 nitrogen and oxygen atoms in total. The molecule has 0 aliphatic carbocycles. The normalized spacial score (nSPS) is 11.2. The van der Waals surface area contributed by atoms with Gasteiger partial charge in [0.15, 0.2) is 5.82 Å². The average Bonchev–Trinajstić information content (AvgIpc) is 3.08. The Balaban J connectivity index is 1.86. The van der Waals surface area contributed by atoms with Gasteiger partial charge in [-0.1, -0.05) is 18.2 Å². The number of H-pyrrole nitrogens is 1. The van der Waals surface area contributed by atoms with Gasteiger partial charge in [0.1, 0.15) is 11.6 Å². The fraction of sp³-hybridized carbons (Fsp3) is 0. The van der Waals surface area contributed by atoms with Crippen molar-refractivity contribution in [2.45, 2.75) is 0 Å². The van der Waals surface area contributed by atoms with Gasteiger partial charge >= 0.3 is 0 Å². The number of hydrogen-bond acceptors (Lipinski definition) is 4. The molecule has 3 rings (SSSR count). The minimum atomic E-state index is 0.176. The molecule has 0 aliphatic heterocycles. The van der Waals surface area contributed by atoms with E-state index in [-0.39, 0.29) is 5.75 Å². The first kappa shape index (κ1) is 11.7. The number of aromatic hydroxyl groups is 1. The summed E-state index contributed by atoms with van der Waals surface area (Å²) >= 11 is 1.66. The predicted octanol–water partition coefficient (Wildman–Crippen LogP) is 3.41. The molecule has 2 heterocycles. The van der Waals surface area contributed by atoms with E-state index < -0.39 is 0 Å². The van der Waals surface area contributed by atoms with Crippen LogP contribution in [0.25, 0.3) is 23.5 Å². The van der Waals surface area contributed by atoms with Gasteiger partial charge in [-0.05, 0) is 35.7 Å². The predicted molar refractivity (Wildman–Crippen MR) is 76.7 cm³/mol. The topological polar surface area (TPSA) is 61.8 Å². The van der Waals surface area contributed by atoms with Crippen molar-refractivity contribution in [2.24, 2.45) is 0 Å². The van der Waals surface area contributed by atoms with Gasteiger partial charge in [-0.3, -0.25) is 5.10 Å². The SMILES string of the molecule is Oc1ccccc1-c1n[nH]c(C=Cc2cccs2)n1. The van der Waals surface area contributed by atoms with Crippen LogP contribution in [0.5, 0.6) is 5.75 Å². The van der Waals surface area contributed by atoms with Crippen molar-refractivity contribution < 1.29 is 5.11 Å². The molecule has 5 heteroatoms. The van der Waals surface area contributed by atoms with Crippen LogP contribution in [0, 0.1) is 0 Å². The van der Waals surface area contributed by atoms with E-state index in [1.807, 2.05) is 35.7 Å². The molecule has 0 aliphatic rings. The average molecular weight is 269 g/mol. The van der Waals surface area contributed by atoms with Crippen LogP contribution in [0.3, 0.4) is 0 Å². The maximum atomic E-state index is 9.74. The zero-order chi connectivity index (χ0) is 13.1. The molecule has 2 N–H and O–H groups in total. The first-order valence-corrected chi connectivity index (χ1v) is 6.63. The van der Waals surface area contributed by atoms with E-state index in [9.17, 15) is 5.11 Å². The maximum absolute atomic E-state index is 9.74. The minimum absolute atomic E-state index is 0.176. The third-order valence-electron chi connectivity index (χ3n) is 2.60. The van der Waals surface area contributed by atoms with Crippen molar-refractivity contribution in [2.75, 3.05) is 0 Å². The van der Waals surface area contributed by atoms with Crippen molar-refractivity contribution in [3.8, 4) is 17.1 Å². The number of thiophene rings is 1. The second-order valence-electron chi connectivity index (χ2n) is 3.91. The number of benzene rings is 1. The summed E-state index contributed by atoms with van der Waals surface area (Å²) < 4.78 is 0. The van der Waals surface area contributed by atoms with Crippen LogP contribution in [-0.4, -0.2) is 20.3 Å². The first-order valence-electron chi connectivity index (χ1n) is 5.75. The summed E-state index contributed by atoms with van der Waals surface area (Å²) in [4.78, 5) is 5.49. The number of aromatic nitrogens is 3. The summed E-state index contributed by atoms with van der Waals surface area (Å²) in [6.07, 6.45) is 3.84. The highest BCUT2D eigenvalue weighted by atomic mass is 32.1. The highest BCUT2D eigenvalue weighted by Crippen LogP contribution is 2.25. The zero-order valence-electron chi connectivity index (χ0n) is 9.95. The Morgan fingerprint density at radius 3 is 2.79 bits per heavy atom. The Morgan fingerprint density at radius 1 is 1.11 bits per heavy atom. The molecule has 2 aromatic heterocycles. The summed E-state index contributed by atoms with van der Waals surface area (Å²) in [7, 11) is 0. The number of nitrogens with one attached hydrogen (secondary N) is 1. The van der Waals surface area contributed by atoms with Gasteiger partial charge < -0.3 is 5.11 Å². The van der Waals surface area contributed by atoms with E-state index in [2.05, 4.69) is 15.2 Å². The number of nitrogens with zero attached hydrogens (tertiary/aromatic N) is 2. The Labute approximate surface area is 114 Å². The molecule has 0 radical (unpaired) electrons. The van der Waals surface area contributed by atoms with Crippen molar-refractivity contribution in [1.29, 1.82) is 0 Å². The van der Waals surface area contributed by atoms with Crippen LogP contribution in [0.1, 0.15) is 10.7 Å². The number of rotatable bonds is 3. The summed E-state index contributed by atoms with van der Waals surface area (Å²) in [5, 5.41) is 18.7. The van der Waals surface area contributed by atoms with E-state index in [1.54, 1.807) is 29.5 Å². The first-order chi connectivity index (χ1) is 9.33. The van der Waals surface area contributed by atoms with E-state index in [0.29, 0.717) is 17.2 Å². The molecule has 0 atom stereocenters. The van der Waals surface area contributed by atoms with Crippen molar-refractivity contribution >= 4 is 23.5 Å². The molecular weight excluding hydrogens is 258 g/mol. The fourth-order valence-corrected chi connectivity index (χ4v) is 2.30. The Morgan fingerprint density at radius 2 is 2.00 bits per heavy atom. The molecule has 0 saturated heterocycles. The van der Waals surface area contributed by atoms with Crippen molar-refractivity contribution in [3.63, 3.8) is 0 Å². The Bertz CT molecular complexity index is 701. The highest BCUT2D eigenvalue weighted by Gasteiger charge is 2.08. The van der Waals surface area contributed by atoms with Crippen LogP contribution < -0.4 is 0 Å². The summed E-state index contributed by atoms with van der Waals surface area (Å²) in [5.41, 5.74) is 0.620. The molecule has 3 aromatic rings. The monoisotopic (exact) mass is 269 g/mol. The van der Waals surface area contributed by atoms with Gasteiger partial charge in [0, 0.05) is 4.88 Å². The maximum Gasteiger partial charge on any atom is 0.185 e. The molecule has 0 fully saturated rings. The number of phenolic OH excluding ortho intramolecular Hbond substituents is 1. The standard InChI is InChI=1S/C14H11N3OS/c18-12-6-2-1-5-11(12)14-15-13(16-17-14)8-7-10-4-3-9-19-10/h1-9,18H,(H,15,16,17). The Hall–Kier alpha value is -2.40. The Kier molecular flexibility index (Phi) is 3.12. The summed E-state index contributed by atoms with van der Waals surface area (Å²) in [6, 6.07) is 11.0. The zero-order valence-corrected chi connectivity index (χ0v) is 10.8. The largest absolute Gasteiger partial charge is 0.507 e. The second kappa shape index (κ2) is 5.07. The van der Waals surface area contributed by atoms with E-state index in [0.717, 1.165) is 4.88 Å². The van der Waals surface area contributed by atoms with Crippen LogP contribution in [-0.2, 0) is 0 Å². The van der Waals surface area contributed by atoms with Crippen LogP contribution in [0.2, 0.25) is 0 Å². The fourth-order valence-electron chi connectivity index (χ4n) is 1.68. The molecule has 0 spiro atoms.